The summed E-state index contributed by atoms with van der Waals surface area (Å²) in [6.45, 7) is 0. The first-order valence-corrected chi connectivity index (χ1v) is 5.84. The first-order valence-electron chi connectivity index (χ1n) is 4.58. The lowest BCUT2D eigenvalue weighted by Gasteiger charge is -2.10. The molecule has 0 spiro atoms. The summed E-state index contributed by atoms with van der Waals surface area (Å²) in [5.41, 5.74) is 0.759. The van der Waals surface area contributed by atoms with Crippen LogP contribution in [0.4, 0.5) is 0 Å². The minimum Gasteiger partial charge on any atom is -0.388 e. The molecule has 2 rings (SSSR count). The Bertz CT molecular complexity index is 430. The highest BCUT2D eigenvalue weighted by Crippen LogP contribution is 2.25. The largest absolute Gasteiger partial charge is 0.388 e. The van der Waals surface area contributed by atoms with Crippen LogP contribution in [0.5, 0.6) is 0 Å². The van der Waals surface area contributed by atoms with E-state index in [-0.39, 0.29) is 0 Å². The SMILES string of the molecule is OC(Cc1nccs1)c1ccccc1Cl. The van der Waals surface area contributed by atoms with Crippen molar-refractivity contribution < 1.29 is 5.11 Å². The molecular formula is C11H10ClNOS. The first kappa shape index (κ1) is 10.6. The quantitative estimate of drug-likeness (QED) is 0.893. The van der Waals surface area contributed by atoms with Crippen molar-refractivity contribution in [2.24, 2.45) is 0 Å². The van der Waals surface area contributed by atoms with Crippen molar-refractivity contribution in [2.75, 3.05) is 0 Å². The van der Waals surface area contributed by atoms with Gasteiger partial charge >= 0.3 is 0 Å². The number of aliphatic hydroxyl groups excluding tert-OH is 1. The molecular weight excluding hydrogens is 230 g/mol. The molecule has 1 unspecified atom stereocenters. The molecule has 0 fully saturated rings. The molecule has 1 N–H and O–H groups in total. The van der Waals surface area contributed by atoms with E-state index in [1.807, 2.05) is 23.6 Å². The molecule has 0 saturated heterocycles. The smallest absolute Gasteiger partial charge is 0.0954 e. The Balaban J connectivity index is 2.15. The summed E-state index contributed by atoms with van der Waals surface area (Å²) >= 11 is 7.52. The van der Waals surface area contributed by atoms with Crippen LogP contribution >= 0.6 is 22.9 Å². The number of halogens is 1. The Hall–Kier alpha value is -0.900. The van der Waals surface area contributed by atoms with Crippen LogP contribution in [-0.4, -0.2) is 10.1 Å². The van der Waals surface area contributed by atoms with Gasteiger partial charge < -0.3 is 5.11 Å². The lowest BCUT2D eigenvalue weighted by Crippen LogP contribution is -2.01. The molecule has 15 heavy (non-hydrogen) atoms. The summed E-state index contributed by atoms with van der Waals surface area (Å²) in [6.07, 6.45) is 1.67. The average Bonchev–Trinajstić information content (AvgIpc) is 2.71. The predicted molar refractivity (Wildman–Crippen MR) is 62.2 cm³/mol. The van der Waals surface area contributed by atoms with E-state index in [2.05, 4.69) is 4.98 Å². The molecule has 0 aliphatic rings. The van der Waals surface area contributed by atoms with E-state index in [0.29, 0.717) is 11.4 Å². The molecule has 78 valence electrons. The van der Waals surface area contributed by atoms with E-state index >= 15 is 0 Å². The molecule has 0 aliphatic carbocycles. The van der Waals surface area contributed by atoms with E-state index in [0.717, 1.165) is 10.6 Å². The molecule has 1 aromatic carbocycles. The fourth-order valence-electron chi connectivity index (χ4n) is 1.37. The van der Waals surface area contributed by atoms with Crippen molar-refractivity contribution in [1.29, 1.82) is 0 Å². The van der Waals surface area contributed by atoms with Crippen molar-refractivity contribution in [1.82, 2.24) is 4.98 Å². The molecule has 1 aromatic heterocycles. The number of nitrogens with zero attached hydrogens (tertiary/aromatic N) is 1. The van der Waals surface area contributed by atoms with Crippen LogP contribution in [0.25, 0.3) is 0 Å². The molecule has 2 nitrogen and oxygen atoms in total. The number of hydrogen-bond donors (Lipinski definition) is 1. The Morgan fingerprint density at radius 3 is 2.87 bits per heavy atom. The third-order valence-electron chi connectivity index (χ3n) is 2.12. The van der Waals surface area contributed by atoms with Gasteiger partial charge in [-0.3, -0.25) is 0 Å². The van der Waals surface area contributed by atoms with Crippen LogP contribution in [-0.2, 0) is 6.42 Å². The van der Waals surface area contributed by atoms with Gasteiger partial charge in [0.15, 0.2) is 0 Å². The number of aromatic nitrogens is 1. The normalized spacial score (nSPS) is 12.7. The minimum absolute atomic E-state index is 0.515. The van der Waals surface area contributed by atoms with Crippen LogP contribution in [0.2, 0.25) is 5.02 Å². The maximum absolute atomic E-state index is 9.96. The van der Waals surface area contributed by atoms with Gasteiger partial charge in [-0.2, -0.15) is 0 Å². The van der Waals surface area contributed by atoms with Crippen molar-refractivity contribution in [3.8, 4) is 0 Å². The number of thiazole rings is 1. The fourth-order valence-corrected chi connectivity index (χ4v) is 2.29. The minimum atomic E-state index is -0.579. The zero-order chi connectivity index (χ0) is 10.7. The third kappa shape index (κ3) is 2.56. The topological polar surface area (TPSA) is 33.1 Å². The van der Waals surface area contributed by atoms with Crippen molar-refractivity contribution in [3.05, 3.63) is 51.4 Å². The maximum atomic E-state index is 9.96. The summed E-state index contributed by atoms with van der Waals surface area (Å²) in [7, 11) is 0. The molecule has 0 saturated carbocycles. The van der Waals surface area contributed by atoms with Crippen molar-refractivity contribution >= 4 is 22.9 Å². The standard InChI is InChI=1S/C11H10ClNOS/c12-9-4-2-1-3-8(9)10(14)7-11-13-5-6-15-11/h1-6,10,14H,7H2. The monoisotopic (exact) mass is 239 g/mol. The Morgan fingerprint density at radius 2 is 2.20 bits per heavy atom. The Kier molecular flexibility index (Phi) is 3.36. The molecule has 0 radical (unpaired) electrons. The summed E-state index contributed by atoms with van der Waals surface area (Å²) in [4.78, 5) is 4.13. The Labute approximate surface area is 97.2 Å². The summed E-state index contributed by atoms with van der Waals surface area (Å²) < 4.78 is 0. The highest BCUT2D eigenvalue weighted by Gasteiger charge is 2.12. The van der Waals surface area contributed by atoms with Gasteiger partial charge in [-0.05, 0) is 11.6 Å². The molecule has 2 aromatic rings. The predicted octanol–water partition coefficient (Wildman–Crippen LogP) is 3.07. The maximum Gasteiger partial charge on any atom is 0.0954 e. The van der Waals surface area contributed by atoms with Gasteiger partial charge in [0, 0.05) is 23.0 Å². The van der Waals surface area contributed by atoms with Gasteiger partial charge in [0.2, 0.25) is 0 Å². The molecule has 0 bridgehead atoms. The lowest BCUT2D eigenvalue weighted by atomic mass is 10.1. The second-order valence-corrected chi connectivity index (χ2v) is 4.55. The van der Waals surface area contributed by atoms with Gasteiger partial charge in [-0.1, -0.05) is 29.8 Å². The average molecular weight is 240 g/mol. The van der Waals surface area contributed by atoms with Crippen LogP contribution in [0.1, 0.15) is 16.7 Å². The van der Waals surface area contributed by atoms with Crippen LogP contribution in [0, 0.1) is 0 Å². The van der Waals surface area contributed by atoms with E-state index in [4.69, 9.17) is 11.6 Å². The first-order chi connectivity index (χ1) is 7.27. The Morgan fingerprint density at radius 1 is 1.40 bits per heavy atom. The van der Waals surface area contributed by atoms with Crippen LogP contribution in [0.3, 0.4) is 0 Å². The summed E-state index contributed by atoms with van der Waals surface area (Å²) in [6, 6.07) is 7.33. The van der Waals surface area contributed by atoms with Gasteiger partial charge in [0.1, 0.15) is 0 Å². The van der Waals surface area contributed by atoms with Gasteiger partial charge in [0.05, 0.1) is 11.1 Å². The number of hydrogen-bond acceptors (Lipinski definition) is 3. The second-order valence-electron chi connectivity index (χ2n) is 3.17. The molecule has 0 aliphatic heterocycles. The number of aliphatic hydroxyl groups is 1. The van der Waals surface area contributed by atoms with E-state index in [9.17, 15) is 5.11 Å². The molecule has 1 heterocycles. The molecule has 4 heteroatoms. The van der Waals surface area contributed by atoms with Crippen LogP contribution < -0.4 is 0 Å². The molecule has 1 atom stereocenters. The highest BCUT2D eigenvalue weighted by molar-refractivity contribution is 7.09. The highest BCUT2D eigenvalue weighted by atomic mass is 35.5. The second kappa shape index (κ2) is 4.75. The van der Waals surface area contributed by atoms with E-state index in [1.54, 1.807) is 12.3 Å². The summed E-state index contributed by atoms with van der Waals surface area (Å²) in [5.74, 6) is 0. The van der Waals surface area contributed by atoms with E-state index in [1.165, 1.54) is 11.3 Å². The van der Waals surface area contributed by atoms with Crippen molar-refractivity contribution in [2.45, 2.75) is 12.5 Å². The van der Waals surface area contributed by atoms with Gasteiger partial charge in [-0.15, -0.1) is 11.3 Å². The summed E-state index contributed by atoms with van der Waals surface area (Å²) in [5, 5.41) is 13.4. The lowest BCUT2D eigenvalue weighted by molar-refractivity contribution is 0.178. The zero-order valence-corrected chi connectivity index (χ0v) is 9.50. The van der Waals surface area contributed by atoms with Crippen molar-refractivity contribution in [3.63, 3.8) is 0 Å². The van der Waals surface area contributed by atoms with E-state index < -0.39 is 6.10 Å². The zero-order valence-electron chi connectivity index (χ0n) is 7.93. The number of benzene rings is 1. The van der Waals surface area contributed by atoms with Gasteiger partial charge in [-0.25, -0.2) is 4.98 Å². The fraction of sp³-hybridized carbons (Fsp3) is 0.182. The van der Waals surface area contributed by atoms with Crippen LogP contribution in [0.15, 0.2) is 35.8 Å². The van der Waals surface area contributed by atoms with Gasteiger partial charge in [0.25, 0.3) is 0 Å². The third-order valence-corrected chi connectivity index (χ3v) is 3.26. The molecule has 0 amide bonds. The number of rotatable bonds is 3.